The summed E-state index contributed by atoms with van der Waals surface area (Å²) in [7, 11) is 0. The lowest BCUT2D eigenvalue weighted by atomic mass is 10.1. The first-order valence-electron chi connectivity index (χ1n) is 7.38. The Bertz CT molecular complexity index is 473. The predicted octanol–water partition coefficient (Wildman–Crippen LogP) is 3.36. The van der Waals surface area contributed by atoms with Gasteiger partial charge in [-0.3, -0.25) is 4.79 Å². The number of carbonyl (C=O) groups excluding carboxylic acids is 1. The van der Waals surface area contributed by atoms with Crippen LogP contribution in [0.3, 0.4) is 0 Å². The monoisotopic (exact) mass is 330 g/mol. The van der Waals surface area contributed by atoms with E-state index < -0.39 is 5.54 Å². The van der Waals surface area contributed by atoms with Crippen molar-refractivity contribution in [2.24, 2.45) is 5.73 Å². The van der Waals surface area contributed by atoms with E-state index in [2.05, 4.69) is 5.32 Å². The Labute approximate surface area is 139 Å². The van der Waals surface area contributed by atoms with Gasteiger partial charge in [0.2, 0.25) is 5.91 Å². The van der Waals surface area contributed by atoms with Crippen LogP contribution in [0.4, 0.5) is 5.69 Å². The van der Waals surface area contributed by atoms with Crippen LogP contribution in [0.25, 0.3) is 0 Å². The maximum Gasteiger partial charge on any atom is 0.243 e. The van der Waals surface area contributed by atoms with Gasteiger partial charge in [-0.1, -0.05) is 13.8 Å². The summed E-state index contributed by atoms with van der Waals surface area (Å²) in [6, 6.07) is 5.36. The molecular weight excluding hydrogens is 304 g/mol. The quantitative estimate of drug-likeness (QED) is 0.766. The fourth-order valence-corrected chi connectivity index (χ4v) is 1.53. The SMILES string of the molecule is CCCOc1ccc(NC(=O)C(C)(C)N)cc1OCCC.Cl. The molecule has 0 saturated heterocycles. The summed E-state index contributed by atoms with van der Waals surface area (Å²) in [5.41, 5.74) is 5.49. The third-order valence-electron chi connectivity index (χ3n) is 2.71. The molecule has 5 nitrogen and oxygen atoms in total. The standard InChI is InChI=1S/C16H26N2O3.ClH/c1-5-9-20-13-8-7-12(11-14(13)21-10-6-2)18-15(19)16(3,4)17;/h7-8,11H,5-6,9-10,17H2,1-4H3,(H,18,19);1H. The van der Waals surface area contributed by atoms with E-state index in [4.69, 9.17) is 15.2 Å². The minimum atomic E-state index is -0.929. The van der Waals surface area contributed by atoms with E-state index in [0.29, 0.717) is 30.4 Å². The number of ether oxygens (including phenoxy) is 2. The van der Waals surface area contributed by atoms with E-state index in [1.165, 1.54) is 0 Å². The molecule has 1 aromatic rings. The predicted molar refractivity (Wildman–Crippen MR) is 92.2 cm³/mol. The number of benzene rings is 1. The summed E-state index contributed by atoms with van der Waals surface area (Å²) in [5.74, 6) is 1.08. The molecule has 0 unspecified atom stereocenters. The molecule has 0 aliphatic heterocycles. The van der Waals surface area contributed by atoms with Crippen LogP contribution < -0.4 is 20.5 Å². The average Bonchev–Trinajstić information content (AvgIpc) is 2.43. The van der Waals surface area contributed by atoms with Crippen LogP contribution in [-0.2, 0) is 4.79 Å². The molecule has 1 rings (SSSR count). The van der Waals surface area contributed by atoms with Gasteiger partial charge in [0, 0.05) is 11.8 Å². The number of halogens is 1. The highest BCUT2D eigenvalue weighted by Crippen LogP contribution is 2.31. The Balaban J connectivity index is 0.00000441. The number of carbonyl (C=O) groups is 1. The zero-order valence-electron chi connectivity index (χ0n) is 13.8. The molecule has 0 radical (unpaired) electrons. The van der Waals surface area contributed by atoms with Crippen LogP contribution in [-0.4, -0.2) is 24.7 Å². The van der Waals surface area contributed by atoms with Crippen molar-refractivity contribution in [2.75, 3.05) is 18.5 Å². The Morgan fingerprint density at radius 2 is 1.68 bits per heavy atom. The minimum absolute atomic E-state index is 0. The fraction of sp³-hybridized carbons (Fsp3) is 0.562. The summed E-state index contributed by atoms with van der Waals surface area (Å²) in [4.78, 5) is 11.9. The zero-order valence-corrected chi connectivity index (χ0v) is 14.6. The first-order chi connectivity index (χ1) is 9.88. The van der Waals surface area contributed by atoms with Gasteiger partial charge < -0.3 is 20.5 Å². The van der Waals surface area contributed by atoms with Gasteiger partial charge in [0.05, 0.1) is 18.8 Å². The van der Waals surface area contributed by atoms with Gasteiger partial charge in [-0.2, -0.15) is 0 Å². The molecule has 0 bridgehead atoms. The second-order valence-corrected chi connectivity index (χ2v) is 5.53. The number of anilines is 1. The topological polar surface area (TPSA) is 73.6 Å². The van der Waals surface area contributed by atoms with Crippen LogP contribution >= 0.6 is 12.4 Å². The zero-order chi connectivity index (χ0) is 15.9. The molecule has 0 aromatic heterocycles. The number of amides is 1. The first-order valence-corrected chi connectivity index (χ1v) is 7.38. The van der Waals surface area contributed by atoms with Crippen LogP contribution in [0.1, 0.15) is 40.5 Å². The lowest BCUT2D eigenvalue weighted by Gasteiger charge is -2.19. The van der Waals surface area contributed by atoms with Crippen molar-refractivity contribution < 1.29 is 14.3 Å². The molecule has 0 heterocycles. The van der Waals surface area contributed by atoms with Crippen LogP contribution in [0.2, 0.25) is 0 Å². The van der Waals surface area contributed by atoms with Gasteiger partial charge in [-0.05, 0) is 38.8 Å². The molecule has 0 atom stereocenters. The molecule has 126 valence electrons. The molecule has 1 amide bonds. The molecule has 0 fully saturated rings. The largest absolute Gasteiger partial charge is 0.490 e. The molecule has 3 N–H and O–H groups in total. The van der Waals surface area contributed by atoms with Crippen LogP contribution in [0, 0.1) is 0 Å². The highest BCUT2D eigenvalue weighted by Gasteiger charge is 2.22. The summed E-state index contributed by atoms with van der Waals surface area (Å²) in [6.07, 6.45) is 1.83. The smallest absolute Gasteiger partial charge is 0.243 e. The summed E-state index contributed by atoms with van der Waals surface area (Å²) in [5, 5.41) is 2.78. The highest BCUT2D eigenvalue weighted by atomic mass is 35.5. The fourth-order valence-electron chi connectivity index (χ4n) is 1.53. The Morgan fingerprint density at radius 1 is 1.14 bits per heavy atom. The van der Waals surface area contributed by atoms with Gasteiger partial charge in [0.1, 0.15) is 0 Å². The van der Waals surface area contributed by atoms with Gasteiger partial charge in [-0.15, -0.1) is 12.4 Å². The lowest BCUT2D eigenvalue weighted by Crippen LogP contribution is -2.45. The van der Waals surface area contributed by atoms with Gasteiger partial charge >= 0.3 is 0 Å². The van der Waals surface area contributed by atoms with E-state index >= 15 is 0 Å². The van der Waals surface area contributed by atoms with Crippen molar-refractivity contribution in [3.8, 4) is 11.5 Å². The summed E-state index contributed by atoms with van der Waals surface area (Å²) < 4.78 is 11.3. The number of hydrogen-bond acceptors (Lipinski definition) is 4. The van der Waals surface area contributed by atoms with Gasteiger partial charge in [0.25, 0.3) is 0 Å². The van der Waals surface area contributed by atoms with Crippen molar-refractivity contribution in [1.82, 2.24) is 0 Å². The van der Waals surface area contributed by atoms with Crippen molar-refractivity contribution >= 4 is 24.0 Å². The van der Waals surface area contributed by atoms with Gasteiger partial charge in [-0.25, -0.2) is 0 Å². The van der Waals surface area contributed by atoms with Crippen LogP contribution in [0.15, 0.2) is 18.2 Å². The summed E-state index contributed by atoms with van der Waals surface area (Å²) in [6.45, 7) is 8.64. The second-order valence-electron chi connectivity index (χ2n) is 5.53. The van der Waals surface area contributed by atoms with E-state index in [0.717, 1.165) is 12.8 Å². The molecular formula is C16H27ClN2O3. The number of nitrogens with two attached hydrogens (primary N) is 1. The number of rotatable bonds is 8. The Kier molecular flexibility index (Phi) is 8.90. The second kappa shape index (κ2) is 9.54. The van der Waals surface area contributed by atoms with Crippen LogP contribution in [0.5, 0.6) is 11.5 Å². The molecule has 6 heteroatoms. The van der Waals surface area contributed by atoms with Crippen molar-refractivity contribution in [2.45, 2.75) is 46.1 Å². The van der Waals surface area contributed by atoms with Crippen molar-refractivity contribution in [3.05, 3.63) is 18.2 Å². The maximum atomic E-state index is 11.9. The molecule has 0 spiro atoms. The average molecular weight is 331 g/mol. The number of nitrogens with one attached hydrogen (secondary N) is 1. The minimum Gasteiger partial charge on any atom is -0.490 e. The molecule has 0 saturated carbocycles. The Hall–Kier alpha value is -1.46. The highest BCUT2D eigenvalue weighted by molar-refractivity contribution is 5.97. The molecule has 0 aliphatic rings. The maximum absolute atomic E-state index is 11.9. The lowest BCUT2D eigenvalue weighted by molar-refractivity contribution is -0.120. The van der Waals surface area contributed by atoms with E-state index in [-0.39, 0.29) is 18.3 Å². The summed E-state index contributed by atoms with van der Waals surface area (Å²) >= 11 is 0. The third kappa shape index (κ3) is 6.54. The first kappa shape index (κ1) is 20.5. The molecule has 0 aliphatic carbocycles. The number of hydrogen-bond donors (Lipinski definition) is 2. The molecule has 22 heavy (non-hydrogen) atoms. The van der Waals surface area contributed by atoms with E-state index in [1.807, 2.05) is 13.8 Å². The third-order valence-corrected chi connectivity index (χ3v) is 2.71. The van der Waals surface area contributed by atoms with Gasteiger partial charge in [0.15, 0.2) is 11.5 Å². The van der Waals surface area contributed by atoms with E-state index in [9.17, 15) is 4.79 Å². The van der Waals surface area contributed by atoms with E-state index in [1.54, 1.807) is 32.0 Å². The van der Waals surface area contributed by atoms with Crippen molar-refractivity contribution in [1.29, 1.82) is 0 Å². The Morgan fingerprint density at radius 3 is 2.18 bits per heavy atom. The van der Waals surface area contributed by atoms with Crippen molar-refractivity contribution in [3.63, 3.8) is 0 Å². The normalized spacial score (nSPS) is 10.6. The molecule has 1 aromatic carbocycles.